The number of halogens is 4. The van der Waals surface area contributed by atoms with Crippen molar-refractivity contribution in [3.05, 3.63) is 33.8 Å². The van der Waals surface area contributed by atoms with Crippen molar-refractivity contribution in [1.29, 1.82) is 0 Å². The predicted molar refractivity (Wildman–Crippen MR) is 60.7 cm³/mol. The largest absolute Gasteiger partial charge is 0.471 e. The molecule has 2 unspecified atom stereocenters. The average molecular weight is 324 g/mol. The molecule has 1 aromatic rings. The van der Waals surface area contributed by atoms with Crippen LogP contribution >= 0.6 is 15.9 Å². The second-order valence-electron chi connectivity index (χ2n) is 4.02. The first-order chi connectivity index (χ1) is 8.30. The van der Waals surface area contributed by atoms with Crippen LogP contribution in [0.1, 0.15) is 29.7 Å². The van der Waals surface area contributed by atoms with E-state index in [0.29, 0.717) is 15.6 Å². The summed E-state index contributed by atoms with van der Waals surface area (Å²) >= 11 is 3.21. The normalized spacial score (nSPS) is 22.7. The number of amides is 1. The van der Waals surface area contributed by atoms with Crippen LogP contribution in [-0.2, 0) is 4.79 Å². The van der Waals surface area contributed by atoms with E-state index in [9.17, 15) is 23.1 Å². The fourth-order valence-electron chi connectivity index (χ4n) is 2.05. The van der Waals surface area contributed by atoms with Gasteiger partial charge in [0.05, 0.1) is 12.1 Å². The molecule has 0 spiro atoms. The van der Waals surface area contributed by atoms with Crippen molar-refractivity contribution in [2.24, 2.45) is 0 Å². The summed E-state index contributed by atoms with van der Waals surface area (Å²) in [5.41, 5.74) is 1.04. The molecule has 0 saturated heterocycles. The molecule has 1 aliphatic carbocycles. The van der Waals surface area contributed by atoms with Crippen molar-refractivity contribution in [3.8, 4) is 0 Å². The SMILES string of the molecule is O=C(NC1CC(O)c2cccc(Br)c21)C(F)(F)F. The summed E-state index contributed by atoms with van der Waals surface area (Å²) in [7, 11) is 0. The Morgan fingerprint density at radius 3 is 2.72 bits per heavy atom. The highest BCUT2D eigenvalue weighted by molar-refractivity contribution is 9.10. The molecule has 0 fully saturated rings. The maximum Gasteiger partial charge on any atom is 0.471 e. The number of fused-ring (bicyclic) bond motifs is 1. The first kappa shape index (κ1) is 13.4. The lowest BCUT2D eigenvalue weighted by Crippen LogP contribution is -2.38. The minimum absolute atomic E-state index is 0.0414. The molecule has 3 nitrogen and oxygen atoms in total. The highest BCUT2D eigenvalue weighted by Gasteiger charge is 2.42. The van der Waals surface area contributed by atoms with Gasteiger partial charge in [0.1, 0.15) is 0 Å². The van der Waals surface area contributed by atoms with Gasteiger partial charge in [-0.25, -0.2) is 0 Å². The van der Waals surface area contributed by atoms with Crippen LogP contribution in [0.4, 0.5) is 13.2 Å². The molecule has 1 aromatic carbocycles. The number of hydrogen-bond donors (Lipinski definition) is 2. The third-order valence-corrected chi connectivity index (χ3v) is 3.51. The van der Waals surface area contributed by atoms with E-state index in [1.807, 2.05) is 5.32 Å². The molecule has 18 heavy (non-hydrogen) atoms. The Balaban J connectivity index is 2.27. The number of aliphatic hydroxyl groups excluding tert-OH is 1. The monoisotopic (exact) mass is 323 g/mol. The van der Waals surface area contributed by atoms with Crippen molar-refractivity contribution in [2.75, 3.05) is 0 Å². The summed E-state index contributed by atoms with van der Waals surface area (Å²) < 4.78 is 37.1. The lowest BCUT2D eigenvalue weighted by atomic mass is 10.1. The summed E-state index contributed by atoms with van der Waals surface area (Å²) in [6, 6.07) is 4.13. The molecule has 1 aliphatic rings. The topological polar surface area (TPSA) is 49.3 Å². The van der Waals surface area contributed by atoms with E-state index < -0.39 is 24.2 Å². The van der Waals surface area contributed by atoms with E-state index in [4.69, 9.17) is 0 Å². The molecule has 7 heteroatoms. The number of carbonyl (C=O) groups excluding carboxylic acids is 1. The summed E-state index contributed by atoms with van der Waals surface area (Å²) in [4.78, 5) is 10.9. The molecule has 0 radical (unpaired) electrons. The maximum atomic E-state index is 12.2. The lowest BCUT2D eigenvalue weighted by Gasteiger charge is -2.16. The third kappa shape index (κ3) is 2.37. The number of nitrogens with one attached hydrogen (secondary N) is 1. The van der Waals surface area contributed by atoms with Gasteiger partial charge in [-0.3, -0.25) is 4.79 Å². The highest BCUT2D eigenvalue weighted by Crippen LogP contribution is 2.42. The Morgan fingerprint density at radius 1 is 1.44 bits per heavy atom. The van der Waals surface area contributed by atoms with Crippen LogP contribution in [-0.4, -0.2) is 17.2 Å². The zero-order valence-electron chi connectivity index (χ0n) is 8.96. The standard InChI is InChI=1S/C11H9BrF3NO2/c12-6-3-1-2-5-8(17)4-7(9(5)6)16-10(18)11(13,14)15/h1-3,7-8,17H,4H2,(H,16,18). The summed E-state index contributed by atoms with van der Waals surface area (Å²) in [6.07, 6.45) is -5.75. The fourth-order valence-corrected chi connectivity index (χ4v) is 2.71. The van der Waals surface area contributed by atoms with Crippen molar-refractivity contribution in [3.63, 3.8) is 0 Å². The van der Waals surface area contributed by atoms with Gasteiger partial charge < -0.3 is 10.4 Å². The highest BCUT2D eigenvalue weighted by atomic mass is 79.9. The first-order valence-electron chi connectivity index (χ1n) is 5.14. The van der Waals surface area contributed by atoms with Crippen LogP contribution < -0.4 is 5.32 Å². The van der Waals surface area contributed by atoms with E-state index in [0.717, 1.165) is 0 Å². The minimum Gasteiger partial charge on any atom is -0.388 e. The second-order valence-corrected chi connectivity index (χ2v) is 4.87. The maximum absolute atomic E-state index is 12.2. The van der Waals surface area contributed by atoms with Crippen LogP contribution in [0.3, 0.4) is 0 Å². The molecule has 1 amide bonds. The zero-order chi connectivity index (χ0) is 13.5. The molecule has 0 heterocycles. The van der Waals surface area contributed by atoms with Crippen molar-refractivity contribution < 1.29 is 23.1 Å². The number of rotatable bonds is 1. The minimum atomic E-state index is -4.92. The fraction of sp³-hybridized carbons (Fsp3) is 0.364. The Kier molecular flexibility index (Phi) is 3.37. The van der Waals surface area contributed by atoms with Gasteiger partial charge >= 0.3 is 12.1 Å². The van der Waals surface area contributed by atoms with Crippen LogP contribution in [0.15, 0.2) is 22.7 Å². The van der Waals surface area contributed by atoms with Gasteiger partial charge in [0, 0.05) is 10.9 Å². The molecule has 98 valence electrons. The number of benzene rings is 1. The molecule has 0 aromatic heterocycles. The lowest BCUT2D eigenvalue weighted by molar-refractivity contribution is -0.174. The van der Waals surface area contributed by atoms with E-state index in [2.05, 4.69) is 15.9 Å². The first-order valence-corrected chi connectivity index (χ1v) is 5.94. The van der Waals surface area contributed by atoms with E-state index >= 15 is 0 Å². The van der Waals surface area contributed by atoms with E-state index in [-0.39, 0.29) is 6.42 Å². The van der Waals surface area contributed by atoms with E-state index in [1.165, 1.54) is 0 Å². The Hall–Kier alpha value is -1.08. The molecular formula is C11H9BrF3NO2. The number of hydrogen-bond acceptors (Lipinski definition) is 2. The van der Waals surface area contributed by atoms with Crippen LogP contribution in [0, 0.1) is 0 Å². The molecule has 2 rings (SSSR count). The van der Waals surface area contributed by atoms with E-state index in [1.54, 1.807) is 18.2 Å². The van der Waals surface area contributed by atoms with Gasteiger partial charge in [-0.2, -0.15) is 13.2 Å². The quantitative estimate of drug-likeness (QED) is 0.834. The molecular weight excluding hydrogens is 315 g/mol. The van der Waals surface area contributed by atoms with Gasteiger partial charge in [-0.1, -0.05) is 28.1 Å². The Morgan fingerprint density at radius 2 is 2.11 bits per heavy atom. The summed E-state index contributed by atoms with van der Waals surface area (Å²) in [5.74, 6) is -2.00. The van der Waals surface area contributed by atoms with Crippen molar-refractivity contribution >= 4 is 21.8 Å². The third-order valence-electron chi connectivity index (χ3n) is 2.82. The van der Waals surface area contributed by atoms with Crippen molar-refractivity contribution in [2.45, 2.75) is 24.7 Å². The molecule has 0 aliphatic heterocycles. The number of aliphatic hydroxyl groups is 1. The molecule has 0 saturated carbocycles. The van der Waals surface area contributed by atoms with Gasteiger partial charge in [-0.15, -0.1) is 0 Å². The van der Waals surface area contributed by atoms with Gasteiger partial charge in [-0.05, 0) is 17.2 Å². The van der Waals surface area contributed by atoms with Crippen LogP contribution in [0.25, 0.3) is 0 Å². The van der Waals surface area contributed by atoms with Crippen molar-refractivity contribution in [1.82, 2.24) is 5.32 Å². The predicted octanol–water partition coefficient (Wildman–Crippen LogP) is 2.61. The average Bonchev–Trinajstić information content (AvgIpc) is 2.56. The molecule has 2 atom stereocenters. The molecule has 0 bridgehead atoms. The second kappa shape index (κ2) is 4.55. The zero-order valence-corrected chi connectivity index (χ0v) is 10.5. The number of carbonyl (C=O) groups is 1. The summed E-state index contributed by atoms with van der Waals surface area (Å²) in [5, 5.41) is 11.6. The van der Waals surface area contributed by atoms with Crippen LogP contribution in [0.5, 0.6) is 0 Å². The Labute approximate surface area is 109 Å². The van der Waals surface area contributed by atoms with Gasteiger partial charge in [0.2, 0.25) is 0 Å². The Bertz CT molecular complexity index is 490. The number of alkyl halides is 3. The van der Waals surface area contributed by atoms with Gasteiger partial charge in [0.25, 0.3) is 0 Å². The summed E-state index contributed by atoms with van der Waals surface area (Å²) in [6.45, 7) is 0. The van der Waals surface area contributed by atoms with Crippen LogP contribution in [0.2, 0.25) is 0 Å². The molecule has 2 N–H and O–H groups in total. The van der Waals surface area contributed by atoms with Gasteiger partial charge in [0.15, 0.2) is 0 Å². The smallest absolute Gasteiger partial charge is 0.388 e.